The van der Waals surface area contributed by atoms with Crippen LogP contribution in [0, 0.1) is 0 Å². The van der Waals surface area contributed by atoms with E-state index in [9.17, 15) is 13.2 Å². The number of rotatable bonds is 5. The molecule has 0 spiro atoms. The number of alkyl halides is 3. The van der Waals surface area contributed by atoms with E-state index in [-0.39, 0.29) is 6.54 Å². The summed E-state index contributed by atoms with van der Waals surface area (Å²) in [6, 6.07) is 0.394. The van der Waals surface area contributed by atoms with Crippen LogP contribution in [-0.4, -0.2) is 30.0 Å². The second-order valence-electron chi connectivity index (χ2n) is 4.77. The molecule has 1 N–H and O–H groups in total. The van der Waals surface area contributed by atoms with Crippen LogP contribution in [0.3, 0.4) is 0 Å². The third-order valence-corrected chi connectivity index (χ3v) is 3.63. The van der Waals surface area contributed by atoms with Crippen molar-refractivity contribution in [2.45, 2.75) is 38.1 Å². The van der Waals surface area contributed by atoms with Gasteiger partial charge in [0.15, 0.2) is 5.69 Å². The molecule has 0 bridgehead atoms. The SMILES string of the molecule is CN(C)Cc1nc(C(F)(F)F)c(CNC2CC2)s1. The summed E-state index contributed by atoms with van der Waals surface area (Å²) in [5.74, 6) is 0. The Morgan fingerprint density at radius 3 is 2.56 bits per heavy atom. The van der Waals surface area contributed by atoms with Crippen molar-refractivity contribution in [1.82, 2.24) is 15.2 Å². The molecule has 2 rings (SSSR count). The van der Waals surface area contributed by atoms with Gasteiger partial charge in [-0.1, -0.05) is 0 Å². The molecule has 0 aliphatic heterocycles. The zero-order valence-electron chi connectivity index (χ0n) is 10.3. The van der Waals surface area contributed by atoms with Gasteiger partial charge in [-0.2, -0.15) is 13.2 Å². The Morgan fingerprint density at radius 1 is 1.39 bits per heavy atom. The minimum Gasteiger partial charge on any atom is -0.309 e. The molecule has 1 heterocycles. The van der Waals surface area contributed by atoms with Crippen LogP contribution in [0.5, 0.6) is 0 Å². The van der Waals surface area contributed by atoms with Gasteiger partial charge in [0.05, 0.1) is 4.88 Å². The molecular formula is C11H16F3N3S. The van der Waals surface area contributed by atoms with Gasteiger partial charge in [-0.15, -0.1) is 11.3 Å². The molecule has 1 saturated carbocycles. The van der Waals surface area contributed by atoms with Crippen LogP contribution in [-0.2, 0) is 19.3 Å². The average Bonchev–Trinajstić information content (AvgIpc) is 2.95. The minimum atomic E-state index is -4.36. The Labute approximate surface area is 108 Å². The molecule has 0 aromatic carbocycles. The van der Waals surface area contributed by atoms with Crippen molar-refractivity contribution in [1.29, 1.82) is 0 Å². The third-order valence-electron chi connectivity index (χ3n) is 2.59. The van der Waals surface area contributed by atoms with Crippen LogP contribution in [0.2, 0.25) is 0 Å². The molecule has 0 amide bonds. The first-order valence-corrected chi connectivity index (χ1v) is 6.62. The van der Waals surface area contributed by atoms with Crippen molar-refractivity contribution in [3.05, 3.63) is 15.6 Å². The molecule has 1 fully saturated rings. The summed E-state index contributed by atoms with van der Waals surface area (Å²) in [7, 11) is 3.63. The fourth-order valence-corrected chi connectivity index (χ4v) is 2.76. The monoisotopic (exact) mass is 279 g/mol. The van der Waals surface area contributed by atoms with E-state index in [0.717, 1.165) is 24.2 Å². The lowest BCUT2D eigenvalue weighted by Gasteiger charge is -2.06. The van der Waals surface area contributed by atoms with Gasteiger partial charge in [-0.05, 0) is 26.9 Å². The van der Waals surface area contributed by atoms with Crippen LogP contribution >= 0.6 is 11.3 Å². The molecule has 0 saturated heterocycles. The summed E-state index contributed by atoms with van der Waals surface area (Å²) >= 11 is 1.15. The van der Waals surface area contributed by atoms with Crippen molar-refractivity contribution < 1.29 is 13.2 Å². The Balaban J connectivity index is 2.14. The molecular weight excluding hydrogens is 263 g/mol. The van der Waals surface area contributed by atoms with Gasteiger partial charge in [0.2, 0.25) is 0 Å². The molecule has 1 aromatic heterocycles. The molecule has 1 aromatic rings. The van der Waals surface area contributed by atoms with Crippen LogP contribution < -0.4 is 5.32 Å². The van der Waals surface area contributed by atoms with Crippen molar-refractivity contribution in [2.75, 3.05) is 14.1 Å². The third kappa shape index (κ3) is 3.66. The standard InChI is InChI=1S/C11H16F3N3S/c1-17(2)6-9-16-10(11(12,13)14)8(18-9)5-15-7-3-4-7/h7,15H,3-6H2,1-2H3. The van der Waals surface area contributed by atoms with Crippen molar-refractivity contribution in [3.8, 4) is 0 Å². The van der Waals surface area contributed by atoms with Crippen molar-refractivity contribution in [3.63, 3.8) is 0 Å². The van der Waals surface area contributed by atoms with Crippen molar-refractivity contribution >= 4 is 11.3 Å². The lowest BCUT2D eigenvalue weighted by Crippen LogP contribution is -2.18. The first-order chi connectivity index (χ1) is 8.36. The maximum Gasteiger partial charge on any atom is 0.434 e. The molecule has 1 aliphatic carbocycles. The number of nitrogens with one attached hydrogen (secondary N) is 1. The fourth-order valence-electron chi connectivity index (χ4n) is 1.60. The first kappa shape index (κ1) is 13.8. The molecule has 0 radical (unpaired) electrons. The maximum atomic E-state index is 12.8. The average molecular weight is 279 g/mol. The Hall–Kier alpha value is -0.660. The Bertz CT molecular complexity index is 410. The molecule has 3 nitrogen and oxygen atoms in total. The van der Waals surface area contributed by atoms with Gasteiger partial charge < -0.3 is 10.2 Å². The van der Waals surface area contributed by atoms with Gasteiger partial charge >= 0.3 is 6.18 Å². The van der Waals surface area contributed by atoms with E-state index in [4.69, 9.17) is 0 Å². The van der Waals surface area contributed by atoms with E-state index in [1.54, 1.807) is 0 Å². The predicted molar refractivity (Wildman–Crippen MR) is 64.4 cm³/mol. The molecule has 18 heavy (non-hydrogen) atoms. The van der Waals surface area contributed by atoms with E-state index in [1.165, 1.54) is 0 Å². The van der Waals surface area contributed by atoms with Gasteiger partial charge in [0.1, 0.15) is 5.01 Å². The van der Waals surface area contributed by atoms with Gasteiger partial charge in [0.25, 0.3) is 0 Å². The van der Waals surface area contributed by atoms with Gasteiger partial charge in [0, 0.05) is 19.1 Å². The maximum absolute atomic E-state index is 12.8. The smallest absolute Gasteiger partial charge is 0.309 e. The summed E-state index contributed by atoms with van der Waals surface area (Å²) in [5.41, 5.74) is -0.725. The number of aromatic nitrogens is 1. The van der Waals surface area contributed by atoms with E-state index in [0.29, 0.717) is 22.5 Å². The molecule has 0 unspecified atom stereocenters. The zero-order valence-corrected chi connectivity index (χ0v) is 11.2. The molecule has 102 valence electrons. The largest absolute Gasteiger partial charge is 0.434 e. The first-order valence-electron chi connectivity index (χ1n) is 5.80. The lowest BCUT2D eigenvalue weighted by molar-refractivity contribution is -0.141. The number of hydrogen-bond donors (Lipinski definition) is 1. The van der Waals surface area contributed by atoms with E-state index in [2.05, 4.69) is 10.3 Å². The van der Waals surface area contributed by atoms with Crippen LogP contribution in [0.1, 0.15) is 28.4 Å². The van der Waals surface area contributed by atoms with Gasteiger partial charge in [-0.3, -0.25) is 0 Å². The van der Waals surface area contributed by atoms with E-state index >= 15 is 0 Å². The second kappa shape index (κ2) is 5.14. The summed E-state index contributed by atoms with van der Waals surface area (Å²) in [6.07, 6.45) is -2.24. The van der Waals surface area contributed by atoms with E-state index in [1.807, 2.05) is 19.0 Å². The minimum absolute atomic E-state index is 0.268. The van der Waals surface area contributed by atoms with Crippen LogP contribution in [0.25, 0.3) is 0 Å². The number of nitrogens with zero attached hydrogens (tertiary/aromatic N) is 2. The highest BCUT2D eigenvalue weighted by atomic mass is 32.1. The fraction of sp³-hybridized carbons (Fsp3) is 0.727. The zero-order chi connectivity index (χ0) is 13.3. The van der Waals surface area contributed by atoms with Crippen LogP contribution in [0.15, 0.2) is 0 Å². The summed E-state index contributed by atoms with van der Waals surface area (Å²) in [4.78, 5) is 5.85. The van der Waals surface area contributed by atoms with Gasteiger partial charge in [-0.25, -0.2) is 4.98 Å². The number of hydrogen-bond acceptors (Lipinski definition) is 4. The summed E-state index contributed by atoms with van der Waals surface area (Å²) < 4.78 is 38.5. The highest BCUT2D eigenvalue weighted by Gasteiger charge is 2.37. The number of thiazole rings is 1. The summed E-state index contributed by atoms with van der Waals surface area (Å²) in [5, 5.41) is 3.62. The number of halogens is 3. The normalized spacial score (nSPS) is 16.6. The van der Waals surface area contributed by atoms with E-state index < -0.39 is 11.9 Å². The molecule has 0 atom stereocenters. The second-order valence-corrected chi connectivity index (χ2v) is 5.94. The topological polar surface area (TPSA) is 28.2 Å². The van der Waals surface area contributed by atoms with Crippen molar-refractivity contribution in [2.24, 2.45) is 0 Å². The predicted octanol–water partition coefficient (Wildman–Crippen LogP) is 2.48. The molecule has 1 aliphatic rings. The summed E-state index contributed by atoms with van der Waals surface area (Å²) in [6.45, 7) is 0.710. The highest BCUT2D eigenvalue weighted by molar-refractivity contribution is 7.11. The lowest BCUT2D eigenvalue weighted by atomic mass is 10.3. The highest BCUT2D eigenvalue weighted by Crippen LogP contribution is 2.35. The Kier molecular flexibility index (Phi) is 3.93. The Morgan fingerprint density at radius 2 is 2.06 bits per heavy atom. The van der Waals surface area contributed by atoms with Crippen LogP contribution in [0.4, 0.5) is 13.2 Å². The quantitative estimate of drug-likeness (QED) is 0.897. The molecule has 7 heteroatoms.